The molecule has 4 heterocycles. The fourth-order valence-corrected chi connectivity index (χ4v) is 5.24. The predicted octanol–water partition coefficient (Wildman–Crippen LogP) is 2.01. The Kier molecular flexibility index (Phi) is 7.07. The standard InChI is InChI=1S/C27H34N8O2/c1-19-15-20(2)35(31-19)18-25(36)33-13-11-32(12-14-33)24-6-4-3-5-23(24)22-16-29-27(30-17-22)34-9-7-21(8-10-34)26(28)37/h3-6,15-17,21H,7-14,18H2,1-2H3,(H2,28,37). The number of anilines is 2. The summed E-state index contributed by atoms with van der Waals surface area (Å²) in [7, 11) is 0. The molecule has 2 aliphatic rings. The summed E-state index contributed by atoms with van der Waals surface area (Å²) in [5.74, 6) is 0.500. The minimum Gasteiger partial charge on any atom is -0.369 e. The van der Waals surface area contributed by atoms with E-state index in [4.69, 9.17) is 5.73 Å². The van der Waals surface area contributed by atoms with Crippen molar-refractivity contribution in [3.8, 4) is 11.1 Å². The van der Waals surface area contributed by atoms with E-state index in [2.05, 4.69) is 37.0 Å². The zero-order chi connectivity index (χ0) is 25.9. The van der Waals surface area contributed by atoms with Gasteiger partial charge in [0.2, 0.25) is 17.8 Å². The maximum Gasteiger partial charge on any atom is 0.244 e. The van der Waals surface area contributed by atoms with Crippen molar-refractivity contribution in [2.75, 3.05) is 49.1 Å². The van der Waals surface area contributed by atoms with E-state index in [0.717, 1.165) is 67.2 Å². The van der Waals surface area contributed by atoms with Gasteiger partial charge in [-0.3, -0.25) is 14.3 Å². The largest absolute Gasteiger partial charge is 0.369 e. The van der Waals surface area contributed by atoms with Gasteiger partial charge in [0.1, 0.15) is 6.54 Å². The zero-order valence-electron chi connectivity index (χ0n) is 21.5. The Labute approximate surface area is 217 Å². The molecular formula is C27H34N8O2. The van der Waals surface area contributed by atoms with E-state index < -0.39 is 0 Å². The second kappa shape index (κ2) is 10.6. The van der Waals surface area contributed by atoms with Gasteiger partial charge in [-0.05, 0) is 38.8 Å². The molecule has 2 aromatic heterocycles. The van der Waals surface area contributed by atoms with Crippen molar-refractivity contribution in [1.82, 2.24) is 24.6 Å². The van der Waals surface area contributed by atoms with Crippen LogP contribution >= 0.6 is 0 Å². The van der Waals surface area contributed by atoms with Gasteiger partial charge in [0.25, 0.3) is 0 Å². The third-order valence-electron chi connectivity index (χ3n) is 7.39. The fraction of sp³-hybridized carbons (Fsp3) is 0.444. The number of primary amides is 1. The molecule has 0 bridgehead atoms. The molecule has 2 aliphatic heterocycles. The first kappa shape index (κ1) is 24.7. The maximum atomic E-state index is 12.9. The number of piperidine rings is 1. The Hall–Kier alpha value is -3.95. The van der Waals surface area contributed by atoms with Gasteiger partial charge < -0.3 is 20.4 Å². The Morgan fingerprint density at radius 3 is 2.24 bits per heavy atom. The number of para-hydroxylation sites is 1. The number of carbonyl (C=O) groups excluding carboxylic acids is 2. The lowest BCUT2D eigenvalue weighted by molar-refractivity contribution is -0.132. The number of hydrogen-bond donors (Lipinski definition) is 1. The number of hydrogen-bond acceptors (Lipinski definition) is 7. The first-order chi connectivity index (χ1) is 17.9. The van der Waals surface area contributed by atoms with Crippen LogP contribution in [0.1, 0.15) is 24.2 Å². The van der Waals surface area contributed by atoms with Crippen LogP contribution in [0.5, 0.6) is 0 Å². The molecule has 0 unspecified atom stereocenters. The van der Waals surface area contributed by atoms with Crippen molar-refractivity contribution in [3.63, 3.8) is 0 Å². The molecule has 10 nitrogen and oxygen atoms in total. The van der Waals surface area contributed by atoms with Crippen LogP contribution in [0.25, 0.3) is 11.1 Å². The molecule has 194 valence electrons. The Morgan fingerprint density at radius 1 is 0.946 bits per heavy atom. The van der Waals surface area contributed by atoms with Crippen molar-refractivity contribution in [2.45, 2.75) is 33.2 Å². The number of aromatic nitrogens is 4. The topological polar surface area (TPSA) is 113 Å². The summed E-state index contributed by atoms with van der Waals surface area (Å²) in [6, 6.07) is 10.3. The van der Waals surface area contributed by atoms with Gasteiger partial charge in [-0.2, -0.15) is 5.10 Å². The van der Waals surface area contributed by atoms with E-state index in [1.807, 2.05) is 49.3 Å². The van der Waals surface area contributed by atoms with Gasteiger partial charge in [-0.1, -0.05) is 18.2 Å². The summed E-state index contributed by atoms with van der Waals surface area (Å²) < 4.78 is 1.78. The molecule has 0 saturated carbocycles. The molecule has 0 spiro atoms. The molecule has 10 heteroatoms. The molecule has 2 N–H and O–H groups in total. The third kappa shape index (κ3) is 5.42. The lowest BCUT2D eigenvalue weighted by Crippen LogP contribution is -2.49. The monoisotopic (exact) mass is 502 g/mol. The molecule has 5 rings (SSSR count). The molecule has 0 atom stereocenters. The summed E-state index contributed by atoms with van der Waals surface area (Å²) in [5, 5.41) is 4.42. The van der Waals surface area contributed by atoms with E-state index in [9.17, 15) is 9.59 Å². The molecule has 0 radical (unpaired) electrons. The van der Waals surface area contributed by atoms with Crippen molar-refractivity contribution in [3.05, 3.63) is 54.1 Å². The molecule has 0 aliphatic carbocycles. The molecule has 1 aromatic carbocycles. The van der Waals surface area contributed by atoms with E-state index in [1.165, 1.54) is 0 Å². The van der Waals surface area contributed by atoms with Gasteiger partial charge in [-0.15, -0.1) is 0 Å². The van der Waals surface area contributed by atoms with Crippen molar-refractivity contribution < 1.29 is 9.59 Å². The minimum absolute atomic E-state index is 0.0583. The predicted molar refractivity (Wildman–Crippen MR) is 142 cm³/mol. The second-order valence-corrected chi connectivity index (χ2v) is 9.91. The highest BCUT2D eigenvalue weighted by molar-refractivity contribution is 5.79. The highest BCUT2D eigenvalue weighted by Crippen LogP contribution is 2.31. The Balaban J connectivity index is 1.23. The molecule has 37 heavy (non-hydrogen) atoms. The van der Waals surface area contributed by atoms with Gasteiger partial charge in [0.15, 0.2) is 0 Å². The number of carbonyl (C=O) groups is 2. The van der Waals surface area contributed by atoms with E-state index in [0.29, 0.717) is 19.0 Å². The second-order valence-electron chi connectivity index (χ2n) is 9.91. The first-order valence-corrected chi connectivity index (χ1v) is 12.9. The summed E-state index contributed by atoms with van der Waals surface area (Å²) in [5.41, 5.74) is 10.5. The average Bonchev–Trinajstić information content (AvgIpc) is 3.24. The van der Waals surface area contributed by atoms with Crippen LogP contribution in [-0.2, 0) is 16.1 Å². The van der Waals surface area contributed by atoms with Gasteiger partial charge in [0, 0.05) is 80.1 Å². The van der Waals surface area contributed by atoms with Gasteiger partial charge >= 0.3 is 0 Å². The summed E-state index contributed by atoms with van der Waals surface area (Å²) in [4.78, 5) is 40.0. The van der Waals surface area contributed by atoms with Crippen molar-refractivity contribution in [2.24, 2.45) is 11.7 Å². The molecule has 2 amide bonds. The number of nitrogens with two attached hydrogens (primary N) is 1. The zero-order valence-corrected chi connectivity index (χ0v) is 21.5. The number of aryl methyl sites for hydroxylation is 2. The first-order valence-electron chi connectivity index (χ1n) is 12.9. The number of piperazine rings is 1. The van der Waals surface area contributed by atoms with E-state index >= 15 is 0 Å². The van der Waals surface area contributed by atoms with Crippen LogP contribution in [-0.4, -0.2) is 75.7 Å². The highest BCUT2D eigenvalue weighted by atomic mass is 16.2. The van der Waals surface area contributed by atoms with Crippen LogP contribution in [0.2, 0.25) is 0 Å². The van der Waals surface area contributed by atoms with Crippen molar-refractivity contribution >= 4 is 23.5 Å². The van der Waals surface area contributed by atoms with Crippen LogP contribution in [0.3, 0.4) is 0 Å². The van der Waals surface area contributed by atoms with Crippen LogP contribution in [0.15, 0.2) is 42.7 Å². The Morgan fingerprint density at radius 2 is 1.62 bits per heavy atom. The quantitative estimate of drug-likeness (QED) is 0.549. The SMILES string of the molecule is Cc1cc(C)n(CC(=O)N2CCN(c3ccccc3-c3cnc(N4CCC(C(N)=O)CC4)nc3)CC2)n1. The number of benzene rings is 1. The van der Waals surface area contributed by atoms with Crippen LogP contribution in [0.4, 0.5) is 11.6 Å². The normalized spacial score (nSPS) is 16.8. The van der Waals surface area contributed by atoms with Crippen molar-refractivity contribution in [1.29, 1.82) is 0 Å². The molecular weight excluding hydrogens is 468 g/mol. The van der Waals surface area contributed by atoms with Gasteiger partial charge in [0.05, 0.1) is 5.69 Å². The van der Waals surface area contributed by atoms with E-state index in [-0.39, 0.29) is 24.3 Å². The van der Waals surface area contributed by atoms with Crippen LogP contribution in [0, 0.1) is 19.8 Å². The van der Waals surface area contributed by atoms with Crippen LogP contribution < -0.4 is 15.5 Å². The third-order valence-corrected chi connectivity index (χ3v) is 7.39. The smallest absolute Gasteiger partial charge is 0.244 e. The minimum atomic E-state index is -0.221. The lowest BCUT2D eigenvalue weighted by atomic mass is 9.96. The highest BCUT2D eigenvalue weighted by Gasteiger charge is 2.26. The number of nitrogens with zero attached hydrogens (tertiary/aromatic N) is 7. The fourth-order valence-electron chi connectivity index (χ4n) is 5.24. The average molecular weight is 503 g/mol. The molecule has 3 aromatic rings. The maximum absolute atomic E-state index is 12.9. The number of amides is 2. The van der Waals surface area contributed by atoms with E-state index in [1.54, 1.807) is 4.68 Å². The summed E-state index contributed by atoms with van der Waals surface area (Å²) >= 11 is 0. The van der Waals surface area contributed by atoms with Gasteiger partial charge in [-0.25, -0.2) is 9.97 Å². The Bertz CT molecular complexity index is 1260. The molecule has 2 fully saturated rings. The number of rotatable bonds is 6. The summed E-state index contributed by atoms with van der Waals surface area (Å²) in [6.07, 6.45) is 5.21. The summed E-state index contributed by atoms with van der Waals surface area (Å²) in [6.45, 7) is 8.51. The lowest BCUT2D eigenvalue weighted by Gasteiger charge is -2.37. The molecule has 2 saturated heterocycles.